The number of para-hydroxylation sites is 1. The molecule has 1 saturated heterocycles. The maximum atomic E-state index is 12.4. The molecule has 2 aromatic heterocycles. The number of benzene rings is 2. The monoisotopic (exact) mass is 596 g/mol. The number of nitrogen functional groups attached to an aromatic ring is 1. The smallest absolute Gasteiger partial charge is 0.246 e. The molecular formula is C26H25IN6O3. The van der Waals surface area contributed by atoms with Crippen LogP contribution in [0.2, 0.25) is 0 Å². The summed E-state index contributed by atoms with van der Waals surface area (Å²) in [5.41, 5.74) is 8.62. The number of likely N-dealkylation sites (tertiary alicyclic amines) is 1. The minimum absolute atomic E-state index is 0.00251. The highest BCUT2D eigenvalue weighted by atomic mass is 127. The fourth-order valence-corrected chi connectivity index (χ4v) is 4.59. The molecule has 184 valence electrons. The summed E-state index contributed by atoms with van der Waals surface area (Å²) in [6.45, 7) is 1.69. The zero-order valence-corrected chi connectivity index (χ0v) is 21.6. The maximum absolute atomic E-state index is 12.4. The number of rotatable bonds is 7. The second kappa shape index (κ2) is 11.0. The van der Waals surface area contributed by atoms with Crippen LogP contribution in [0.15, 0.2) is 73.1 Å². The van der Waals surface area contributed by atoms with Gasteiger partial charge in [-0.1, -0.05) is 24.3 Å². The molecule has 3 heterocycles. The van der Waals surface area contributed by atoms with Crippen LogP contribution >= 0.6 is 23.0 Å². The maximum Gasteiger partial charge on any atom is 0.246 e. The first-order valence-corrected chi connectivity index (χ1v) is 12.5. The summed E-state index contributed by atoms with van der Waals surface area (Å²) in [6, 6.07) is 17.5. The Kier molecular flexibility index (Phi) is 7.42. The number of aromatic nitrogens is 4. The summed E-state index contributed by atoms with van der Waals surface area (Å²) in [4.78, 5) is 23.0. The number of amides is 1. The van der Waals surface area contributed by atoms with Crippen LogP contribution in [0, 0.1) is 0 Å². The minimum atomic E-state index is -0.00251. The number of piperidine rings is 1. The van der Waals surface area contributed by atoms with Crippen molar-refractivity contribution in [2.75, 3.05) is 25.4 Å². The predicted molar refractivity (Wildman–Crippen MR) is 146 cm³/mol. The molecule has 0 atom stereocenters. The van der Waals surface area contributed by atoms with Crippen molar-refractivity contribution in [2.24, 2.45) is 0 Å². The quantitative estimate of drug-likeness (QED) is 0.238. The standard InChI is InChI=1S/C26H25IN6O3/c27-35-16-4-7-22(34)32-14-12-19(13-15-32)33-26-23(25(28)29-17-30-26)24(31-33)18-8-10-21(11-9-18)36-20-5-2-1-3-6-20/h1-11,17,19H,12-16H2,(H2,28,29,30)/b7-4+. The van der Waals surface area contributed by atoms with Gasteiger partial charge in [-0.3, -0.25) is 4.79 Å². The molecule has 0 spiro atoms. The Morgan fingerprint density at radius 3 is 2.50 bits per heavy atom. The molecule has 0 bridgehead atoms. The highest BCUT2D eigenvalue weighted by Gasteiger charge is 2.27. The van der Waals surface area contributed by atoms with Crippen LogP contribution in [-0.2, 0) is 7.86 Å². The van der Waals surface area contributed by atoms with E-state index < -0.39 is 0 Å². The molecule has 1 aliphatic rings. The van der Waals surface area contributed by atoms with E-state index in [0.29, 0.717) is 31.2 Å². The van der Waals surface area contributed by atoms with Crippen molar-refractivity contribution < 1.29 is 12.6 Å². The first kappa shape index (κ1) is 24.2. The van der Waals surface area contributed by atoms with Gasteiger partial charge in [0.2, 0.25) is 5.91 Å². The number of ether oxygens (including phenoxy) is 1. The Bertz CT molecular complexity index is 1370. The molecule has 5 rings (SSSR count). The van der Waals surface area contributed by atoms with Crippen LogP contribution < -0.4 is 10.5 Å². The SMILES string of the molecule is Nc1ncnc2c1c(-c1ccc(Oc3ccccc3)cc1)nn2C1CCN(C(=O)/C=C/COI)CC1. The van der Waals surface area contributed by atoms with Gasteiger partial charge in [-0.15, -0.1) is 0 Å². The number of hydrogen-bond acceptors (Lipinski definition) is 7. The first-order valence-electron chi connectivity index (χ1n) is 11.6. The summed E-state index contributed by atoms with van der Waals surface area (Å²) in [6.07, 6.45) is 6.30. The first-order chi connectivity index (χ1) is 17.6. The molecule has 4 aromatic rings. The lowest BCUT2D eigenvalue weighted by molar-refractivity contribution is -0.127. The molecule has 0 unspecified atom stereocenters. The molecule has 0 saturated carbocycles. The normalized spacial score (nSPS) is 14.5. The van der Waals surface area contributed by atoms with E-state index >= 15 is 0 Å². The fourth-order valence-electron chi connectivity index (χ4n) is 4.38. The van der Waals surface area contributed by atoms with Crippen molar-refractivity contribution in [3.63, 3.8) is 0 Å². The van der Waals surface area contributed by atoms with Gasteiger partial charge < -0.3 is 18.4 Å². The number of halogens is 1. The summed E-state index contributed by atoms with van der Waals surface area (Å²) in [5, 5.41) is 5.68. The van der Waals surface area contributed by atoms with Crippen molar-refractivity contribution in [2.45, 2.75) is 18.9 Å². The van der Waals surface area contributed by atoms with Gasteiger partial charge in [0, 0.05) is 24.7 Å². The van der Waals surface area contributed by atoms with E-state index in [0.717, 1.165) is 41.0 Å². The van der Waals surface area contributed by atoms with Gasteiger partial charge in [0.1, 0.15) is 52.3 Å². The van der Waals surface area contributed by atoms with Gasteiger partial charge in [0.05, 0.1) is 18.0 Å². The van der Waals surface area contributed by atoms with E-state index in [2.05, 4.69) is 9.97 Å². The Morgan fingerprint density at radius 2 is 1.78 bits per heavy atom. The third-order valence-corrected chi connectivity index (χ3v) is 6.53. The zero-order chi connectivity index (χ0) is 24.9. The van der Waals surface area contributed by atoms with E-state index in [1.165, 1.54) is 6.33 Å². The predicted octanol–water partition coefficient (Wildman–Crippen LogP) is 4.95. The molecule has 0 radical (unpaired) electrons. The van der Waals surface area contributed by atoms with E-state index in [-0.39, 0.29) is 11.9 Å². The molecule has 36 heavy (non-hydrogen) atoms. The summed E-state index contributed by atoms with van der Waals surface area (Å²) >= 11 is 1.81. The third-order valence-electron chi connectivity index (χ3n) is 6.17. The lowest BCUT2D eigenvalue weighted by Crippen LogP contribution is -2.38. The van der Waals surface area contributed by atoms with Gasteiger partial charge in [-0.05, 0) is 49.2 Å². The average molecular weight is 596 g/mol. The summed E-state index contributed by atoms with van der Waals surface area (Å²) < 4.78 is 12.8. The van der Waals surface area contributed by atoms with E-state index in [4.69, 9.17) is 18.6 Å². The third kappa shape index (κ3) is 5.19. The van der Waals surface area contributed by atoms with Crippen LogP contribution in [0.5, 0.6) is 11.5 Å². The van der Waals surface area contributed by atoms with Crippen LogP contribution in [0.1, 0.15) is 18.9 Å². The van der Waals surface area contributed by atoms with Crippen LogP contribution in [0.4, 0.5) is 5.82 Å². The fraction of sp³-hybridized carbons (Fsp3) is 0.231. The van der Waals surface area contributed by atoms with Crippen molar-refractivity contribution in [3.8, 4) is 22.8 Å². The van der Waals surface area contributed by atoms with E-state index in [9.17, 15) is 4.79 Å². The van der Waals surface area contributed by atoms with Gasteiger partial charge in [-0.25, -0.2) is 14.6 Å². The average Bonchev–Trinajstić information content (AvgIpc) is 3.31. The second-order valence-corrected chi connectivity index (χ2v) is 9.05. The van der Waals surface area contributed by atoms with Crippen LogP contribution in [-0.4, -0.2) is 50.3 Å². The molecular weight excluding hydrogens is 571 g/mol. The van der Waals surface area contributed by atoms with Crippen molar-refractivity contribution in [1.29, 1.82) is 0 Å². The number of fused-ring (bicyclic) bond motifs is 1. The highest BCUT2D eigenvalue weighted by molar-refractivity contribution is 14.1. The molecule has 2 N–H and O–H groups in total. The van der Waals surface area contributed by atoms with Gasteiger partial charge >= 0.3 is 0 Å². The van der Waals surface area contributed by atoms with Crippen molar-refractivity contribution in [3.05, 3.63) is 73.1 Å². The molecule has 0 aliphatic carbocycles. The van der Waals surface area contributed by atoms with Gasteiger partial charge in [0.25, 0.3) is 0 Å². The summed E-state index contributed by atoms with van der Waals surface area (Å²) in [7, 11) is 0. The van der Waals surface area contributed by atoms with Gasteiger partial charge in [-0.2, -0.15) is 5.10 Å². The Hall–Kier alpha value is -3.51. The Balaban J connectivity index is 1.38. The van der Waals surface area contributed by atoms with Crippen molar-refractivity contribution in [1.82, 2.24) is 24.6 Å². The number of nitrogens with two attached hydrogens (primary N) is 1. The lowest BCUT2D eigenvalue weighted by atomic mass is 10.1. The van der Waals surface area contributed by atoms with Crippen LogP contribution in [0.3, 0.4) is 0 Å². The topological polar surface area (TPSA) is 108 Å². The molecule has 2 aromatic carbocycles. The number of carbonyl (C=O) groups excluding carboxylic acids is 1. The molecule has 1 fully saturated rings. The number of hydrogen-bond donors (Lipinski definition) is 1. The largest absolute Gasteiger partial charge is 0.457 e. The molecule has 1 amide bonds. The van der Waals surface area contributed by atoms with Gasteiger partial charge in [0.15, 0.2) is 5.65 Å². The Labute approximate surface area is 222 Å². The number of anilines is 1. The Morgan fingerprint density at radius 1 is 1.06 bits per heavy atom. The second-order valence-electron chi connectivity index (χ2n) is 8.42. The lowest BCUT2D eigenvalue weighted by Gasteiger charge is -2.31. The van der Waals surface area contributed by atoms with E-state index in [1.807, 2.05) is 87.2 Å². The molecule has 1 aliphatic heterocycles. The number of carbonyl (C=O) groups is 1. The van der Waals surface area contributed by atoms with Crippen molar-refractivity contribution >= 4 is 45.8 Å². The highest BCUT2D eigenvalue weighted by Crippen LogP contribution is 2.35. The minimum Gasteiger partial charge on any atom is -0.457 e. The summed E-state index contributed by atoms with van der Waals surface area (Å²) in [5.74, 6) is 1.89. The molecule has 9 nitrogen and oxygen atoms in total. The van der Waals surface area contributed by atoms with E-state index in [1.54, 1.807) is 12.2 Å². The van der Waals surface area contributed by atoms with Crippen LogP contribution in [0.25, 0.3) is 22.3 Å². The zero-order valence-electron chi connectivity index (χ0n) is 19.5. The number of nitrogens with zero attached hydrogens (tertiary/aromatic N) is 5. The molecule has 10 heteroatoms.